The molecule has 0 aromatic heterocycles. The van der Waals surface area contributed by atoms with Crippen LogP contribution in [0.2, 0.25) is 0 Å². The van der Waals surface area contributed by atoms with Gasteiger partial charge in [0, 0.05) is 11.1 Å². The second kappa shape index (κ2) is 4.67. The fourth-order valence-corrected chi connectivity index (χ4v) is 5.92. The van der Waals surface area contributed by atoms with Crippen LogP contribution in [0.3, 0.4) is 0 Å². The molecule has 2 saturated carbocycles. The number of amides is 1. The van der Waals surface area contributed by atoms with E-state index in [-0.39, 0.29) is 17.1 Å². The molecule has 3 rings (SSSR count). The highest BCUT2D eigenvalue weighted by atomic mass is 79.9. The van der Waals surface area contributed by atoms with Crippen molar-refractivity contribution in [2.45, 2.75) is 45.4 Å². The zero-order chi connectivity index (χ0) is 16.3. The van der Waals surface area contributed by atoms with Gasteiger partial charge < -0.3 is 5.32 Å². The van der Waals surface area contributed by atoms with Crippen molar-refractivity contribution in [1.82, 2.24) is 0 Å². The standard InChI is InChI=1S/C18H22BrNO2/c1-11-7-5-6-8-12(11)20-15(22)18-10-9-17(4,16(18,2)3)14(21)13(18)19/h5-8,13H,9-10H2,1-4H3,(H,20,22). The van der Waals surface area contributed by atoms with E-state index in [4.69, 9.17) is 0 Å². The average molecular weight is 364 g/mol. The van der Waals surface area contributed by atoms with Gasteiger partial charge in [-0.05, 0) is 36.8 Å². The minimum Gasteiger partial charge on any atom is -0.325 e. The SMILES string of the molecule is Cc1ccccc1NC(=O)C12CCC(C)(C(=O)C1Br)C2(C)C. The smallest absolute Gasteiger partial charge is 0.232 e. The molecule has 1 aromatic rings. The molecule has 2 fully saturated rings. The molecule has 0 spiro atoms. The lowest BCUT2D eigenvalue weighted by Crippen LogP contribution is -2.48. The van der Waals surface area contributed by atoms with Crippen LogP contribution in [-0.2, 0) is 9.59 Å². The lowest BCUT2D eigenvalue weighted by atomic mass is 9.64. The fraction of sp³-hybridized carbons (Fsp3) is 0.556. The molecule has 1 aromatic carbocycles. The number of Topliss-reactive ketones (excluding diaryl/α,β-unsaturated/α-hetero) is 1. The van der Waals surface area contributed by atoms with Crippen LogP contribution in [-0.4, -0.2) is 16.5 Å². The van der Waals surface area contributed by atoms with E-state index in [1.54, 1.807) is 0 Å². The van der Waals surface area contributed by atoms with Gasteiger partial charge in [-0.15, -0.1) is 0 Å². The summed E-state index contributed by atoms with van der Waals surface area (Å²) in [5.74, 6) is 0.131. The molecule has 1 amide bonds. The van der Waals surface area contributed by atoms with E-state index in [1.165, 1.54) is 0 Å². The van der Waals surface area contributed by atoms with Gasteiger partial charge in [-0.3, -0.25) is 9.59 Å². The van der Waals surface area contributed by atoms with Crippen molar-refractivity contribution in [1.29, 1.82) is 0 Å². The van der Waals surface area contributed by atoms with Gasteiger partial charge in [-0.2, -0.15) is 0 Å². The van der Waals surface area contributed by atoms with E-state index >= 15 is 0 Å². The van der Waals surface area contributed by atoms with E-state index in [1.807, 2.05) is 38.1 Å². The molecule has 1 N–H and O–H groups in total. The Hall–Kier alpha value is -1.16. The van der Waals surface area contributed by atoms with Gasteiger partial charge >= 0.3 is 0 Å². The predicted molar refractivity (Wildman–Crippen MR) is 91.1 cm³/mol. The summed E-state index contributed by atoms with van der Waals surface area (Å²) in [6.07, 6.45) is 1.53. The largest absolute Gasteiger partial charge is 0.325 e. The fourth-order valence-electron chi connectivity index (χ4n) is 4.40. The molecule has 0 heterocycles. The Morgan fingerprint density at radius 2 is 1.86 bits per heavy atom. The molecule has 3 unspecified atom stereocenters. The van der Waals surface area contributed by atoms with Crippen LogP contribution in [0.15, 0.2) is 24.3 Å². The second-order valence-electron chi connectivity index (χ2n) is 7.42. The molecule has 2 bridgehead atoms. The maximum atomic E-state index is 13.2. The number of halogens is 1. The number of aryl methyl sites for hydroxylation is 1. The highest BCUT2D eigenvalue weighted by Gasteiger charge is 2.76. The summed E-state index contributed by atoms with van der Waals surface area (Å²) in [5.41, 5.74) is 0.384. The molecule has 0 saturated heterocycles. The van der Waals surface area contributed by atoms with E-state index < -0.39 is 15.7 Å². The van der Waals surface area contributed by atoms with Gasteiger partial charge in [0.25, 0.3) is 0 Å². The normalized spacial score (nSPS) is 35.7. The van der Waals surface area contributed by atoms with Crippen molar-refractivity contribution >= 4 is 33.3 Å². The molecule has 4 heteroatoms. The molecule has 3 nitrogen and oxygen atoms in total. The van der Waals surface area contributed by atoms with Crippen molar-refractivity contribution in [3.8, 4) is 0 Å². The first-order chi connectivity index (χ1) is 10.2. The summed E-state index contributed by atoms with van der Waals surface area (Å²) in [6, 6.07) is 7.75. The van der Waals surface area contributed by atoms with Crippen LogP contribution in [0.4, 0.5) is 5.69 Å². The summed E-state index contributed by atoms with van der Waals surface area (Å²) in [6.45, 7) is 8.12. The van der Waals surface area contributed by atoms with Crippen molar-refractivity contribution in [2.24, 2.45) is 16.2 Å². The number of rotatable bonds is 2. The van der Waals surface area contributed by atoms with Crippen LogP contribution in [0, 0.1) is 23.2 Å². The maximum absolute atomic E-state index is 13.2. The molecular formula is C18H22BrNO2. The molecule has 0 radical (unpaired) electrons. The van der Waals surface area contributed by atoms with Crippen molar-refractivity contribution in [3.05, 3.63) is 29.8 Å². The first-order valence-electron chi connectivity index (χ1n) is 7.74. The number of ketones is 1. The number of anilines is 1. The number of hydrogen-bond acceptors (Lipinski definition) is 2. The summed E-state index contributed by atoms with van der Waals surface area (Å²) in [4.78, 5) is 25.5. The summed E-state index contributed by atoms with van der Waals surface area (Å²) in [5, 5.41) is 3.07. The quantitative estimate of drug-likeness (QED) is 0.804. The Morgan fingerprint density at radius 1 is 1.23 bits per heavy atom. The average Bonchev–Trinajstić information content (AvgIpc) is 2.74. The number of alkyl halides is 1. The Morgan fingerprint density at radius 3 is 2.41 bits per heavy atom. The lowest BCUT2D eigenvalue weighted by Gasteiger charge is -2.39. The monoisotopic (exact) mass is 363 g/mol. The van der Waals surface area contributed by atoms with Gasteiger partial charge in [0.1, 0.15) is 0 Å². The third kappa shape index (κ3) is 1.62. The molecular weight excluding hydrogens is 342 g/mol. The van der Waals surface area contributed by atoms with E-state index in [0.717, 1.165) is 24.1 Å². The van der Waals surface area contributed by atoms with Crippen molar-refractivity contribution < 1.29 is 9.59 Å². The first-order valence-corrected chi connectivity index (χ1v) is 8.65. The lowest BCUT2D eigenvalue weighted by molar-refractivity contribution is -0.130. The van der Waals surface area contributed by atoms with E-state index in [0.29, 0.717) is 0 Å². The number of fused-ring (bicyclic) bond motifs is 2. The summed E-state index contributed by atoms with van der Waals surface area (Å²) in [7, 11) is 0. The topological polar surface area (TPSA) is 46.2 Å². The van der Waals surface area contributed by atoms with Gasteiger partial charge in [0.15, 0.2) is 5.78 Å². The second-order valence-corrected chi connectivity index (χ2v) is 8.34. The number of para-hydroxylation sites is 1. The predicted octanol–water partition coefficient (Wildman–Crippen LogP) is 4.09. The zero-order valence-corrected chi connectivity index (χ0v) is 15.1. The number of nitrogens with one attached hydrogen (secondary N) is 1. The maximum Gasteiger partial charge on any atom is 0.232 e. The third-order valence-electron chi connectivity index (χ3n) is 6.52. The highest BCUT2D eigenvalue weighted by molar-refractivity contribution is 9.10. The van der Waals surface area contributed by atoms with Crippen LogP contribution in [0.25, 0.3) is 0 Å². The van der Waals surface area contributed by atoms with Crippen LogP contribution in [0.5, 0.6) is 0 Å². The van der Waals surface area contributed by atoms with E-state index in [2.05, 4.69) is 35.1 Å². The van der Waals surface area contributed by atoms with Crippen molar-refractivity contribution in [2.75, 3.05) is 5.32 Å². The molecule has 118 valence electrons. The van der Waals surface area contributed by atoms with Crippen LogP contribution < -0.4 is 5.32 Å². The van der Waals surface area contributed by atoms with Gasteiger partial charge in [0.05, 0.1) is 10.2 Å². The minimum absolute atomic E-state index is 0.0387. The van der Waals surface area contributed by atoms with Gasteiger partial charge in [0.2, 0.25) is 5.91 Å². The van der Waals surface area contributed by atoms with Crippen LogP contribution >= 0.6 is 15.9 Å². The first kappa shape index (κ1) is 15.7. The Balaban J connectivity index is 2.02. The summed E-state index contributed by atoms with van der Waals surface area (Å²) >= 11 is 3.55. The molecule has 2 aliphatic carbocycles. The molecule has 3 atom stereocenters. The third-order valence-corrected chi connectivity index (χ3v) is 7.72. The van der Waals surface area contributed by atoms with E-state index in [9.17, 15) is 9.59 Å². The zero-order valence-electron chi connectivity index (χ0n) is 13.5. The summed E-state index contributed by atoms with van der Waals surface area (Å²) < 4.78 is 0. The van der Waals surface area contributed by atoms with Crippen LogP contribution in [0.1, 0.15) is 39.2 Å². The Labute approximate surface area is 140 Å². The number of hydrogen-bond donors (Lipinski definition) is 1. The molecule has 2 aliphatic rings. The number of carbonyl (C=O) groups excluding carboxylic acids is 2. The number of carbonyl (C=O) groups is 2. The Kier molecular flexibility index (Phi) is 3.34. The minimum atomic E-state index is -0.679. The van der Waals surface area contributed by atoms with Gasteiger partial charge in [-0.1, -0.05) is 54.9 Å². The number of benzene rings is 1. The van der Waals surface area contributed by atoms with Gasteiger partial charge in [-0.25, -0.2) is 0 Å². The van der Waals surface area contributed by atoms with Crippen molar-refractivity contribution in [3.63, 3.8) is 0 Å². The Bertz CT molecular complexity index is 669. The molecule has 0 aliphatic heterocycles. The highest BCUT2D eigenvalue weighted by Crippen LogP contribution is 2.72. The molecule has 22 heavy (non-hydrogen) atoms.